The summed E-state index contributed by atoms with van der Waals surface area (Å²) < 4.78 is 0. The molecule has 1 heterocycles. The first-order valence-corrected chi connectivity index (χ1v) is 6.83. The Kier molecular flexibility index (Phi) is 4.37. The number of hydrogen-bond donors (Lipinski definition) is 2. The summed E-state index contributed by atoms with van der Waals surface area (Å²) in [5.74, 6) is -2.93. The maximum absolute atomic E-state index is 12.1. The van der Waals surface area contributed by atoms with Crippen LogP contribution in [0.5, 0.6) is 0 Å². The molecule has 0 aliphatic carbocycles. The van der Waals surface area contributed by atoms with Crippen LogP contribution in [0.25, 0.3) is 0 Å². The number of aliphatic hydroxyl groups is 1. The average molecular weight is 291 g/mol. The Hall–Kier alpha value is -2.21. The van der Waals surface area contributed by atoms with Crippen LogP contribution in [0.2, 0.25) is 0 Å². The summed E-state index contributed by atoms with van der Waals surface area (Å²) in [4.78, 5) is 36.4. The number of carbonyl (C=O) groups is 3. The van der Waals surface area contributed by atoms with Gasteiger partial charge in [0.2, 0.25) is 0 Å². The van der Waals surface area contributed by atoms with E-state index in [1.165, 1.54) is 0 Å². The number of rotatable bonds is 6. The molecule has 1 aromatic rings. The SMILES string of the molecule is CCC(O)C(CCN1C(=O)c2ccccc2C1=O)C(=O)O. The largest absolute Gasteiger partial charge is 0.481 e. The van der Waals surface area contributed by atoms with Crippen LogP contribution in [0.4, 0.5) is 0 Å². The monoisotopic (exact) mass is 291 g/mol. The van der Waals surface area contributed by atoms with E-state index in [9.17, 15) is 19.5 Å². The zero-order chi connectivity index (χ0) is 15.6. The highest BCUT2D eigenvalue weighted by Crippen LogP contribution is 2.24. The number of nitrogens with zero attached hydrogens (tertiary/aromatic N) is 1. The Morgan fingerprint density at radius 1 is 1.19 bits per heavy atom. The number of benzene rings is 1. The number of hydrogen-bond acceptors (Lipinski definition) is 4. The molecule has 0 fully saturated rings. The summed E-state index contributed by atoms with van der Waals surface area (Å²) in [6, 6.07) is 6.50. The third kappa shape index (κ3) is 2.80. The minimum absolute atomic E-state index is 0.0135. The van der Waals surface area contributed by atoms with Gasteiger partial charge in [0.25, 0.3) is 11.8 Å². The number of carbonyl (C=O) groups excluding carboxylic acids is 2. The third-order valence-electron chi connectivity index (χ3n) is 3.74. The lowest BCUT2D eigenvalue weighted by atomic mass is 9.96. The van der Waals surface area contributed by atoms with E-state index >= 15 is 0 Å². The number of imide groups is 1. The van der Waals surface area contributed by atoms with E-state index in [0.29, 0.717) is 17.5 Å². The molecule has 0 radical (unpaired) electrons. The van der Waals surface area contributed by atoms with Crippen LogP contribution < -0.4 is 0 Å². The number of fused-ring (bicyclic) bond motifs is 1. The normalized spacial score (nSPS) is 16.8. The molecule has 0 spiro atoms. The molecule has 0 bridgehead atoms. The molecule has 6 nitrogen and oxygen atoms in total. The molecule has 0 saturated heterocycles. The van der Waals surface area contributed by atoms with Gasteiger partial charge in [-0.1, -0.05) is 19.1 Å². The van der Waals surface area contributed by atoms with E-state index in [1.807, 2.05) is 0 Å². The van der Waals surface area contributed by atoms with Crippen LogP contribution in [0.3, 0.4) is 0 Å². The number of carboxylic acid groups (broad SMARTS) is 1. The van der Waals surface area contributed by atoms with E-state index < -0.39 is 29.8 Å². The van der Waals surface area contributed by atoms with Crippen molar-refractivity contribution in [2.75, 3.05) is 6.54 Å². The van der Waals surface area contributed by atoms with Gasteiger partial charge in [-0.15, -0.1) is 0 Å². The van der Waals surface area contributed by atoms with Crippen molar-refractivity contribution in [2.45, 2.75) is 25.9 Å². The van der Waals surface area contributed by atoms with Gasteiger partial charge in [0.15, 0.2) is 0 Å². The Bertz CT molecular complexity index is 548. The van der Waals surface area contributed by atoms with Gasteiger partial charge >= 0.3 is 5.97 Å². The second-order valence-corrected chi connectivity index (χ2v) is 5.02. The van der Waals surface area contributed by atoms with E-state index in [1.54, 1.807) is 31.2 Å². The number of aliphatic carboxylic acids is 1. The van der Waals surface area contributed by atoms with Crippen LogP contribution in [0.1, 0.15) is 40.5 Å². The first-order chi connectivity index (χ1) is 9.97. The van der Waals surface area contributed by atoms with Crippen LogP contribution in [-0.2, 0) is 4.79 Å². The lowest BCUT2D eigenvalue weighted by molar-refractivity contribution is -0.146. The Labute approximate surface area is 122 Å². The van der Waals surface area contributed by atoms with Gasteiger partial charge in [-0.05, 0) is 25.0 Å². The first kappa shape index (κ1) is 15.2. The van der Waals surface area contributed by atoms with Gasteiger partial charge in [-0.2, -0.15) is 0 Å². The van der Waals surface area contributed by atoms with Crippen molar-refractivity contribution in [2.24, 2.45) is 5.92 Å². The summed E-state index contributed by atoms with van der Waals surface area (Å²) in [6.07, 6.45) is -0.646. The van der Waals surface area contributed by atoms with Gasteiger partial charge in [0.05, 0.1) is 23.1 Å². The van der Waals surface area contributed by atoms with E-state index in [0.717, 1.165) is 4.90 Å². The molecule has 1 aliphatic heterocycles. The fourth-order valence-corrected chi connectivity index (χ4v) is 2.48. The standard InChI is InChI=1S/C15H17NO5/c1-2-12(17)11(15(20)21)7-8-16-13(18)9-5-3-4-6-10(9)14(16)19/h3-6,11-12,17H,2,7-8H2,1H3,(H,20,21). The molecule has 2 amide bonds. The molecule has 0 aromatic heterocycles. The van der Waals surface area contributed by atoms with Crippen molar-refractivity contribution >= 4 is 17.8 Å². The molecule has 2 N–H and O–H groups in total. The van der Waals surface area contributed by atoms with Crippen LogP contribution in [-0.4, -0.2) is 45.5 Å². The second kappa shape index (κ2) is 6.05. The molecule has 0 saturated carbocycles. The van der Waals surface area contributed by atoms with Crippen LogP contribution in [0, 0.1) is 5.92 Å². The molecule has 1 aromatic carbocycles. The zero-order valence-corrected chi connectivity index (χ0v) is 11.7. The van der Waals surface area contributed by atoms with Gasteiger partial charge in [-0.25, -0.2) is 0 Å². The predicted molar refractivity (Wildman–Crippen MR) is 73.8 cm³/mol. The minimum Gasteiger partial charge on any atom is -0.481 e. The van der Waals surface area contributed by atoms with Gasteiger partial charge in [0, 0.05) is 6.54 Å². The van der Waals surface area contributed by atoms with Crippen molar-refractivity contribution in [1.82, 2.24) is 4.90 Å². The zero-order valence-electron chi connectivity index (χ0n) is 11.7. The molecule has 21 heavy (non-hydrogen) atoms. The van der Waals surface area contributed by atoms with Gasteiger partial charge in [0.1, 0.15) is 0 Å². The van der Waals surface area contributed by atoms with Crippen molar-refractivity contribution < 1.29 is 24.6 Å². The summed E-state index contributed by atoms with van der Waals surface area (Å²) >= 11 is 0. The number of aliphatic hydroxyl groups excluding tert-OH is 1. The van der Waals surface area contributed by atoms with Crippen LogP contribution >= 0.6 is 0 Å². The second-order valence-electron chi connectivity index (χ2n) is 5.02. The molecule has 2 unspecified atom stereocenters. The summed E-state index contributed by atoms with van der Waals surface area (Å²) in [6.45, 7) is 1.67. The van der Waals surface area contributed by atoms with Crippen molar-refractivity contribution in [3.8, 4) is 0 Å². The highest BCUT2D eigenvalue weighted by molar-refractivity contribution is 6.21. The molecule has 112 valence electrons. The van der Waals surface area contributed by atoms with Crippen LogP contribution in [0.15, 0.2) is 24.3 Å². The number of carboxylic acids is 1. The van der Waals surface area contributed by atoms with E-state index in [4.69, 9.17) is 5.11 Å². The van der Waals surface area contributed by atoms with Gasteiger partial charge < -0.3 is 10.2 Å². The molecule has 2 atom stereocenters. The lowest BCUT2D eigenvalue weighted by Gasteiger charge is -2.20. The Morgan fingerprint density at radius 3 is 2.14 bits per heavy atom. The molecule has 1 aliphatic rings. The molecular formula is C15H17NO5. The van der Waals surface area contributed by atoms with Crippen molar-refractivity contribution in [3.63, 3.8) is 0 Å². The average Bonchev–Trinajstić information content (AvgIpc) is 2.72. The van der Waals surface area contributed by atoms with Gasteiger partial charge in [-0.3, -0.25) is 19.3 Å². The van der Waals surface area contributed by atoms with Crippen molar-refractivity contribution in [3.05, 3.63) is 35.4 Å². The van der Waals surface area contributed by atoms with Crippen molar-refractivity contribution in [1.29, 1.82) is 0 Å². The highest BCUT2D eigenvalue weighted by atomic mass is 16.4. The molecular weight excluding hydrogens is 274 g/mol. The Balaban J connectivity index is 2.10. The predicted octanol–water partition coefficient (Wildman–Crippen LogP) is 1.14. The topological polar surface area (TPSA) is 94.9 Å². The number of amides is 2. The maximum Gasteiger partial charge on any atom is 0.309 e. The quantitative estimate of drug-likeness (QED) is 0.766. The lowest BCUT2D eigenvalue weighted by Crippen LogP contribution is -2.36. The minimum atomic E-state index is -1.12. The smallest absolute Gasteiger partial charge is 0.309 e. The molecule has 2 rings (SSSR count). The fourth-order valence-electron chi connectivity index (χ4n) is 2.48. The summed E-state index contributed by atoms with van der Waals surface area (Å²) in [7, 11) is 0. The maximum atomic E-state index is 12.1. The highest BCUT2D eigenvalue weighted by Gasteiger charge is 2.36. The van der Waals surface area contributed by atoms with E-state index in [2.05, 4.69) is 0 Å². The fraction of sp³-hybridized carbons (Fsp3) is 0.400. The third-order valence-corrected chi connectivity index (χ3v) is 3.74. The molecule has 6 heteroatoms. The summed E-state index contributed by atoms with van der Waals surface area (Å²) in [5.41, 5.74) is 0.677. The Morgan fingerprint density at radius 2 is 1.71 bits per heavy atom. The summed E-state index contributed by atoms with van der Waals surface area (Å²) in [5, 5.41) is 18.8. The first-order valence-electron chi connectivity index (χ1n) is 6.83. The van der Waals surface area contributed by atoms with E-state index in [-0.39, 0.29) is 13.0 Å².